The molecule has 2 amide bonds. The van der Waals surface area contributed by atoms with Gasteiger partial charge >= 0.3 is 6.18 Å². The number of nitrogens with zero attached hydrogens (tertiary/aromatic N) is 3. The lowest BCUT2D eigenvalue weighted by atomic mass is 9.90. The molecule has 5 rings (SSSR count). The van der Waals surface area contributed by atoms with E-state index >= 15 is 0 Å². The maximum atomic E-state index is 13.5. The van der Waals surface area contributed by atoms with Crippen LogP contribution in [0.5, 0.6) is 0 Å². The molecular formula is C30H28ClF3N6O2. The summed E-state index contributed by atoms with van der Waals surface area (Å²) in [6.45, 7) is 0. The van der Waals surface area contributed by atoms with Crippen molar-refractivity contribution >= 4 is 40.0 Å². The van der Waals surface area contributed by atoms with Gasteiger partial charge in [0.25, 0.3) is 5.91 Å². The quantitative estimate of drug-likeness (QED) is 0.245. The number of carbonyl (C=O) groups excluding carboxylic acids is 2. The van der Waals surface area contributed by atoms with Crippen molar-refractivity contribution in [2.45, 2.75) is 56.4 Å². The van der Waals surface area contributed by atoms with Gasteiger partial charge in [0.15, 0.2) is 0 Å². The molecule has 12 heteroatoms. The van der Waals surface area contributed by atoms with Gasteiger partial charge in [-0.2, -0.15) is 13.2 Å². The van der Waals surface area contributed by atoms with E-state index in [4.69, 9.17) is 11.6 Å². The Morgan fingerprint density at radius 2 is 1.71 bits per heavy atom. The zero-order valence-corrected chi connectivity index (χ0v) is 23.1. The molecule has 0 saturated heterocycles. The molecule has 1 fully saturated rings. The van der Waals surface area contributed by atoms with Gasteiger partial charge < -0.3 is 16.0 Å². The van der Waals surface area contributed by atoms with Gasteiger partial charge in [0, 0.05) is 47.0 Å². The number of benzene rings is 2. The Morgan fingerprint density at radius 3 is 2.40 bits per heavy atom. The number of halogens is 4. The van der Waals surface area contributed by atoms with Gasteiger partial charge in [-0.3, -0.25) is 14.6 Å². The van der Waals surface area contributed by atoms with Crippen LogP contribution in [0, 0.1) is 0 Å². The van der Waals surface area contributed by atoms with E-state index in [9.17, 15) is 22.8 Å². The predicted molar refractivity (Wildman–Crippen MR) is 153 cm³/mol. The smallest absolute Gasteiger partial charge is 0.382 e. The van der Waals surface area contributed by atoms with Gasteiger partial charge in [-0.15, -0.1) is 0 Å². The first-order valence-electron chi connectivity index (χ1n) is 13.5. The van der Waals surface area contributed by atoms with Gasteiger partial charge in [0.1, 0.15) is 17.4 Å². The van der Waals surface area contributed by atoms with E-state index in [1.807, 2.05) is 30.3 Å². The number of pyridine rings is 1. The maximum Gasteiger partial charge on any atom is 0.433 e. The minimum atomic E-state index is -4.59. The summed E-state index contributed by atoms with van der Waals surface area (Å²) < 4.78 is 40.5. The molecule has 1 saturated carbocycles. The topological polar surface area (TPSA) is 109 Å². The SMILES string of the molecule is O=C(NC(Cc1ccccc1)C(=O)NC1CCC(Nc2cc(C(F)(F)F)nc3ccc(Cl)cc23)CC1)c1cnccn1. The van der Waals surface area contributed by atoms with Crippen LogP contribution in [0.1, 0.15) is 47.4 Å². The van der Waals surface area contributed by atoms with E-state index in [1.54, 1.807) is 6.07 Å². The van der Waals surface area contributed by atoms with Crippen molar-refractivity contribution in [3.63, 3.8) is 0 Å². The summed E-state index contributed by atoms with van der Waals surface area (Å²) in [5, 5.41) is 9.99. The molecule has 1 aliphatic rings. The molecule has 42 heavy (non-hydrogen) atoms. The third-order valence-corrected chi connectivity index (χ3v) is 7.43. The zero-order valence-electron chi connectivity index (χ0n) is 22.4. The fraction of sp³-hybridized carbons (Fsp3) is 0.300. The minimum Gasteiger partial charge on any atom is -0.382 e. The average molecular weight is 597 g/mol. The van der Waals surface area contributed by atoms with Crippen LogP contribution in [0.15, 0.2) is 73.2 Å². The fourth-order valence-electron chi connectivity index (χ4n) is 5.07. The largest absolute Gasteiger partial charge is 0.433 e. The van der Waals surface area contributed by atoms with Crippen molar-refractivity contribution in [1.82, 2.24) is 25.6 Å². The van der Waals surface area contributed by atoms with Crippen LogP contribution >= 0.6 is 11.6 Å². The zero-order chi connectivity index (χ0) is 29.7. The van der Waals surface area contributed by atoms with Gasteiger partial charge in [-0.1, -0.05) is 41.9 Å². The van der Waals surface area contributed by atoms with Crippen molar-refractivity contribution in [3.05, 3.63) is 95.2 Å². The molecule has 2 aromatic heterocycles. The van der Waals surface area contributed by atoms with Crippen LogP contribution < -0.4 is 16.0 Å². The third-order valence-electron chi connectivity index (χ3n) is 7.19. The average Bonchev–Trinajstić information content (AvgIpc) is 2.98. The van der Waals surface area contributed by atoms with Crippen molar-refractivity contribution in [3.8, 4) is 0 Å². The van der Waals surface area contributed by atoms with Crippen LogP contribution in [0.4, 0.5) is 18.9 Å². The molecule has 3 N–H and O–H groups in total. The Bertz CT molecular complexity index is 1550. The van der Waals surface area contributed by atoms with Crippen molar-refractivity contribution in [2.24, 2.45) is 0 Å². The van der Waals surface area contributed by atoms with Crippen LogP contribution in [-0.2, 0) is 17.4 Å². The molecule has 0 spiro atoms. The number of fused-ring (bicyclic) bond motifs is 1. The van der Waals surface area contributed by atoms with Crippen molar-refractivity contribution in [1.29, 1.82) is 0 Å². The maximum absolute atomic E-state index is 13.5. The van der Waals surface area contributed by atoms with Crippen LogP contribution in [0.25, 0.3) is 10.9 Å². The highest BCUT2D eigenvalue weighted by atomic mass is 35.5. The number of hydrogen-bond donors (Lipinski definition) is 3. The summed E-state index contributed by atoms with van der Waals surface area (Å²) in [7, 11) is 0. The van der Waals surface area contributed by atoms with Gasteiger partial charge in [0.05, 0.1) is 11.7 Å². The lowest BCUT2D eigenvalue weighted by Crippen LogP contribution is -2.51. The molecule has 218 valence electrons. The third kappa shape index (κ3) is 7.33. The predicted octanol–water partition coefficient (Wildman–Crippen LogP) is 5.58. The molecule has 0 aliphatic heterocycles. The first-order chi connectivity index (χ1) is 20.2. The Hall–Kier alpha value is -4.25. The molecule has 1 atom stereocenters. The highest BCUT2D eigenvalue weighted by Gasteiger charge is 2.34. The second kappa shape index (κ2) is 12.7. The Kier molecular flexibility index (Phi) is 8.86. The number of rotatable bonds is 8. The van der Waals surface area contributed by atoms with E-state index in [2.05, 4.69) is 30.9 Å². The number of amides is 2. The van der Waals surface area contributed by atoms with E-state index < -0.39 is 23.8 Å². The Labute approximate surface area is 245 Å². The normalized spacial score (nSPS) is 17.8. The molecule has 0 bridgehead atoms. The molecule has 2 heterocycles. The molecule has 1 aliphatic carbocycles. The monoisotopic (exact) mass is 596 g/mol. The minimum absolute atomic E-state index is 0.105. The van der Waals surface area contributed by atoms with E-state index in [0.29, 0.717) is 41.8 Å². The lowest BCUT2D eigenvalue weighted by Gasteiger charge is -2.32. The fourth-order valence-corrected chi connectivity index (χ4v) is 5.25. The van der Waals surface area contributed by atoms with E-state index in [0.717, 1.165) is 11.6 Å². The number of aromatic nitrogens is 3. The molecule has 0 radical (unpaired) electrons. The second-order valence-corrected chi connectivity index (χ2v) is 10.7. The van der Waals surface area contributed by atoms with Crippen molar-refractivity contribution in [2.75, 3.05) is 5.32 Å². The van der Waals surface area contributed by atoms with E-state index in [1.165, 1.54) is 30.7 Å². The molecule has 8 nitrogen and oxygen atoms in total. The number of hydrogen-bond acceptors (Lipinski definition) is 6. The number of anilines is 1. The summed E-state index contributed by atoms with van der Waals surface area (Å²) in [6, 6.07) is 13.8. The van der Waals surface area contributed by atoms with Crippen molar-refractivity contribution < 1.29 is 22.8 Å². The van der Waals surface area contributed by atoms with E-state index in [-0.39, 0.29) is 35.6 Å². The van der Waals surface area contributed by atoms with Crippen LogP contribution in [-0.4, -0.2) is 44.9 Å². The standard InChI is InChI=1S/C30H28ClF3N6O2/c31-19-6-11-23-22(15-19)24(16-27(39-23)30(32,33)34)37-20-7-9-21(10-8-20)38-28(41)25(14-18-4-2-1-3-5-18)40-29(42)26-17-35-12-13-36-26/h1-6,11-13,15-17,20-21,25H,7-10,14H2,(H,37,39)(H,38,41)(H,40,42). The van der Waals surface area contributed by atoms with Crippen LogP contribution in [0.2, 0.25) is 5.02 Å². The second-order valence-electron chi connectivity index (χ2n) is 10.2. The summed E-state index contributed by atoms with van der Waals surface area (Å²) in [4.78, 5) is 37.8. The summed E-state index contributed by atoms with van der Waals surface area (Å²) in [5.41, 5.74) is 0.526. The van der Waals surface area contributed by atoms with Gasteiger partial charge in [-0.05, 0) is 55.5 Å². The highest BCUT2D eigenvalue weighted by Crippen LogP contribution is 2.35. The first kappa shape index (κ1) is 29.2. The summed E-state index contributed by atoms with van der Waals surface area (Å²) >= 11 is 6.12. The Morgan fingerprint density at radius 1 is 0.976 bits per heavy atom. The molecule has 1 unspecified atom stereocenters. The van der Waals surface area contributed by atoms with Gasteiger partial charge in [-0.25, -0.2) is 9.97 Å². The summed E-state index contributed by atoms with van der Waals surface area (Å²) in [6.07, 6.45) is 2.33. The number of alkyl halides is 3. The van der Waals surface area contributed by atoms with Gasteiger partial charge in [0.2, 0.25) is 5.91 Å². The lowest BCUT2D eigenvalue weighted by molar-refractivity contribution is -0.140. The van der Waals surface area contributed by atoms with Crippen LogP contribution in [0.3, 0.4) is 0 Å². The molecular weight excluding hydrogens is 569 g/mol. The number of carbonyl (C=O) groups is 2. The molecule has 4 aromatic rings. The summed E-state index contributed by atoms with van der Waals surface area (Å²) in [5.74, 6) is -0.827. The Balaban J connectivity index is 1.24. The highest BCUT2D eigenvalue weighted by molar-refractivity contribution is 6.31. The number of nitrogens with one attached hydrogen (secondary N) is 3. The first-order valence-corrected chi connectivity index (χ1v) is 13.9. The molecule has 2 aromatic carbocycles.